The SMILES string of the molecule is O=C(NC1COCC1C(=O)O)C1CCNCC1. The Labute approximate surface area is 99.7 Å². The summed E-state index contributed by atoms with van der Waals surface area (Å²) in [6.07, 6.45) is 1.63. The molecule has 2 aliphatic rings. The Morgan fingerprint density at radius 3 is 2.59 bits per heavy atom. The molecule has 96 valence electrons. The number of ether oxygens (including phenoxy) is 1. The molecule has 1 amide bonds. The topological polar surface area (TPSA) is 87.7 Å². The lowest BCUT2D eigenvalue weighted by atomic mass is 9.96. The van der Waals surface area contributed by atoms with Crippen LogP contribution in [-0.2, 0) is 14.3 Å². The Hall–Kier alpha value is -1.14. The number of carboxylic acid groups (broad SMARTS) is 1. The van der Waals surface area contributed by atoms with Gasteiger partial charge in [0.25, 0.3) is 0 Å². The molecular formula is C11H18N2O4. The first-order valence-electron chi connectivity index (χ1n) is 6.00. The van der Waals surface area contributed by atoms with E-state index >= 15 is 0 Å². The van der Waals surface area contributed by atoms with Crippen LogP contribution in [-0.4, -0.2) is 49.3 Å². The molecule has 2 rings (SSSR count). The molecule has 2 heterocycles. The highest BCUT2D eigenvalue weighted by atomic mass is 16.5. The van der Waals surface area contributed by atoms with Gasteiger partial charge in [-0.15, -0.1) is 0 Å². The van der Waals surface area contributed by atoms with Crippen LogP contribution in [0.1, 0.15) is 12.8 Å². The molecule has 0 aromatic rings. The summed E-state index contributed by atoms with van der Waals surface area (Å²) in [4.78, 5) is 22.9. The van der Waals surface area contributed by atoms with Crippen LogP contribution in [0.15, 0.2) is 0 Å². The first-order chi connectivity index (χ1) is 8.18. The van der Waals surface area contributed by atoms with Crippen molar-refractivity contribution in [3.8, 4) is 0 Å². The first-order valence-corrected chi connectivity index (χ1v) is 6.00. The molecule has 0 aromatic heterocycles. The number of amides is 1. The average molecular weight is 242 g/mol. The minimum absolute atomic E-state index is 0.00583. The Balaban J connectivity index is 1.86. The van der Waals surface area contributed by atoms with Gasteiger partial charge >= 0.3 is 5.97 Å². The van der Waals surface area contributed by atoms with Crippen molar-refractivity contribution in [1.29, 1.82) is 0 Å². The second kappa shape index (κ2) is 5.46. The van der Waals surface area contributed by atoms with Crippen molar-refractivity contribution < 1.29 is 19.4 Å². The van der Waals surface area contributed by atoms with Gasteiger partial charge in [0.2, 0.25) is 5.91 Å². The fraction of sp³-hybridized carbons (Fsp3) is 0.818. The normalized spacial score (nSPS) is 30.1. The fourth-order valence-electron chi connectivity index (χ4n) is 2.32. The second-order valence-electron chi connectivity index (χ2n) is 4.62. The van der Waals surface area contributed by atoms with Gasteiger partial charge in [0.1, 0.15) is 5.92 Å². The summed E-state index contributed by atoms with van der Waals surface area (Å²) in [7, 11) is 0. The number of nitrogens with one attached hydrogen (secondary N) is 2. The largest absolute Gasteiger partial charge is 0.481 e. The molecule has 2 aliphatic heterocycles. The summed E-state index contributed by atoms with van der Waals surface area (Å²) in [5.74, 6) is -1.54. The second-order valence-corrected chi connectivity index (χ2v) is 4.62. The van der Waals surface area contributed by atoms with Crippen LogP contribution >= 0.6 is 0 Å². The third-order valence-corrected chi connectivity index (χ3v) is 3.44. The molecule has 0 aliphatic carbocycles. The monoisotopic (exact) mass is 242 g/mol. The van der Waals surface area contributed by atoms with Crippen LogP contribution in [0.2, 0.25) is 0 Å². The minimum atomic E-state index is -0.905. The summed E-state index contributed by atoms with van der Waals surface area (Å²) >= 11 is 0. The van der Waals surface area contributed by atoms with E-state index in [2.05, 4.69) is 10.6 Å². The molecule has 0 saturated carbocycles. The highest BCUT2D eigenvalue weighted by molar-refractivity contribution is 5.80. The molecule has 2 saturated heterocycles. The maximum atomic E-state index is 11.9. The number of hydrogen-bond donors (Lipinski definition) is 3. The highest BCUT2D eigenvalue weighted by Gasteiger charge is 2.36. The van der Waals surface area contributed by atoms with E-state index in [0.29, 0.717) is 6.61 Å². The van der Waals surface area contributed by atoms with E-state index < -0.39 is 11.9 Å². The summed E-state index contributed by atoms with van der Waals surface area (Å²) < 4.78 is 5.11. The number of carbonyl (C=O) groups excluding carboxylic acids is 1. The van der Waals surface area contributed by atoms with Crippen molar-refractivity contribution >= 4 is 11.9 Å². The quantitative estimate of drug-likeness (QED) is 0.603. The van der Waals surface area contributed by atoms with Crippen molar-refractivity contribution in [2.45, 2.75) is 18.9 Å². The maximum absolute atomic E-state index is 11.9. The average Bonchev–Trinajstić information content (AvgIpc) is 2.78. The van der Waals surface area contributed by atoms with Gasteiger partial charge in [-0.1, -0.05) is 0 Å². The Morgan fingerprint density at radius 1 is 1.24 bits per heavy atom. The fourth-order valence-corrected chi connectivity index (χ4v) is 2.32. The summed E-state index contributed by atoms with van der Waals surface area (Å²) in [6.45, 7) is 2.18. The third kappa shape index (κ3) is 2.95. The Bertz CT molecular complexity index is 302. The van der Waals surface area contributed by atoms with Crippen LogP contribution in [0.4, 0.5) is 0 Å². The minimum Gasteiger partial charge on any atom is -0.481 e. The zero-order chi connectivity index (χ0) is 12.3. The lowest BCUT2D eigenvalue weighted by Gasteiger charge is -2.24. The van der Waals surface area contributed by atoms with Gasteiger partial charge in [-0.25, -0.2) is 0 Å². The van der Waals surface area contributed by atoms with Gasteiger partial charge in [0.05, 0.1) is 19.3 Å². The molecular weight excluding hydrogens is 224 g/mol. The molecule has 0 spiro atoms. The number of rotatable bonds is 3. The molecule has 0 aromatic carbocycles. The van der Waals surface area contributed by atoms with Gasteiger partial charge in [0, 0.05) is 5.92 Å². The summed E-state index contributed by atoms with van der Waals surface area (Å²) in [6, 6.07) is -0.380. The van der Waals surface area contributed by atoms with Crippen LogP contribution in [0, 0.1) is 11.8 Å². The molecule has 6 nitrogen and oxygen atoms in total. The molecule has 2 unspecified atom stereocenters. The molecule has 0 radical (unpaired) electrons. The van der Waals surface area contributed by atoms with E-state index in [-0.39, 0.29) is 24.5 Å². The van der Waals surface area contributed by atoms with E-state index in [1.165, 1.54) is 0 Å². The number of piperidine rings is 1. The van der Waals surface area contributed by atoms with Crippen molar-refractivity contribution in [3.63, 3.8) is 0 Å². The lowest BCUT2D eigenvalue weighted by Crippen LogP contribution is -2.47. The van der Waals surface area contributed by atoms with Crippen molar-refractivity contribution in [3.05, 3.63) is 0 Å². The highest BCUT2D eigenvalue weighted by Crippen LogP contribution is 2.17. The molecule has 2 atom stereocenters. The zero-order valence-corrected chi connectivity index (χ0v) is 9.65. The van der Waals surface area contributed by atoms with E-state index in [9.17, 15) is 9.59 Å². The Kier molecular flexibility index (Phi) is 3.96. The molecule has 0 bridgehead atoms. The van der Waals surface area contributed by atoms with Gasteiger partial charge in [-0.2, -0.15) is 0 Å². The molecule has 3 N–H and O–H groups in total. The van der Waals surface area contributed by atoms with Crippen molar-refractivity contribution in [2.24, 2.45) is 11.8 Å². The van der Waals surface area contributed by atoms with Gasteiger partial charge in [-0.05, 0) is 25.9 Å². The number of aliphatic carboxylic acids is 1. The van der Waals surface area contributed by atoms with E-state index in [0.717, 1.165) is 25.9 Å². The van der Waals surface area contributed by atoms with Crippen molar-refractivity contribution in [2.75, 3.05) is 26.3 Å². The molecule has 2 fully saturated rings. The zero-order valence-electron chi connectivity index (χ0n) is 9.65. The third-order valence-electron chi connectivity index (χ3n) is 3.44. The maximum Gasteiger partial charge on any atom is 0.311 e. The van der Waals surface area contributed by atoms with Crippen LogP contribution in [0.25, 0.3) is 0 Å². The van der Waals surface area contributed by atoms with Gasteiger partial charge < -0.3 is 20.5 Å². The van der Waals surface area contributed by atoms with Crippen LogP contribution in [0.3, 0.4) is 0 Å². The summed E-state index contributed by atoms with van der Waals surface area (Å²) in [5, 5.41) is 15.0. The van der Waals surface area contributed by atoms with E-state index in [4.69, 9.17) is 9.84 Å². The predicted octanol–water partition coefficient (Wildman–Crippen LogP) is -0.798. The number of hydrogen-bond acceptors (Lipinski definition) is 4. The molecule has 6 heteroatoms. The van der Waals surface area contributed by atoms with Gasteiger partial charge in [0.15, 0.2) is 0 Å². The van der Waals surface area contributed by atoms with E-state index in [1.54, 1.807) is 0 Å². The van der Waals surface area contributed by atoms with Crippen molar-refractivity contribution in [1.82, 2.24) is 10.6 Å². The van der Waals surface area contributed by atoms with Crippen LogP contribution in [0.5, 0.6) is 0 Å². The predicted molar refractivity (Wildman–Crippen MR) is 59.5 cm³/mol. The summed E-state index contributed by atoms with van der Waals surface area (Å²) in [5.41, 5.74) is 0. The first kappa shape index (κ1) is 12.3. The van der Waals surface area contributed by atoms with Gasteiger partial charge in [-0.3, -0.25) is 9.59 Å². The Morgan fingerprint density at radius 2 is 1.94 bits per heavy atom. The number of carbonyl (C=O) groups is 2. The van der Waals surface area contributed by atoms with Crippen LogP contribution < -0.4 is 10.6 Å². The van der Waals surface area contributed by atoms with E-state index in [1.807, 2.05) is 0 Å². The lowest BCUT2D eigenvalue weighted by molar-refractivity contribution is -0.142. The smallest absolute Gasteiger partial charge is 0.311 e. The number of carboxylic acids is 1. The standard InChI is InChI=1S/C11H18N2O4/c14-10(7-1-3-12-4-2-7)13-9-6-17-5-8(9)11(15)16/h7-9,12H,1-6H2,(H,13,14)(H,15,16). The molecule has 17 heavy (non-hydrogen) atoms.